The first-order valence-electron chi connectivity index (χ1n) is 5.26. The SMILES string of the molecule is N#Cc1ccc2cc(-c3ccn[nH]3)c(=O)oc2c1. The van der Waals surface area contributed by atoms with Crippen LogP contribution in [0.2, 0.25) is 0 Å². The number of hydrogen-bond acceptors (Lipinski definition) is 4. The molecule has 5 heteroatoms. The summed E-state index contributed by atoms with van der Waals surface area (Å²) in [6.45, 7) is 0. The van der Waals surface area contributed by atoms with Gasteiger partial charge in [-0.3, -0.25) is 5.10 Å². The van der Waals surface area contributed by atoms with Crippen molar-refractivity contribution in [2.75, 3.05) is 0 Å². The van der Waals surface area contributed by atoms with E-state index in [-0.39, 0.29) is 0 Å². The highest BCUT2D eigenvalue weighted by atomic mass is 16.4. The molecule has 2 heterocycles. The van der Waals surface area contributed by atoms with E-state index in [9.17, 15) is 4.79 Å². The van der Waals surface area contributed by atoms with Gasteiger partial charge in [-0.05, 0) is 30.3 Å². The van der Waals surface area contributed by atoms with Gasteiger partial charge in [0.05, 0.1) is 22.9 Å². The van der Waals surface area contributed by atoms with Crippen LogP contribution in [0.3, 0.4) is 0 Å². The van der Waals surface area contributed by atoms with Gasteiger partial charge in [-0.15, -0.1) is 0 Å². The molecule has 0 aliphatic carbocycles. The summed E-state index contributed by atoms with van der Waals surface area (Å²) in [5.74, 6) is 0. The molecule has 5 nitrogen and oxygen atoms in total. The molecule has 18 heavy (non-hydrogen) atoms. The maximum atomic E-state index is 11.8. The summed E-state index contributed by atoms with van der Waals surface area (Å²) < 4.78 is 5.20. The van der Waals surface area contributed by atoms with Crippen LogP contribution in [0, 0.1) is 11.3 Å². The molecule has 0 aliphatic rings. The second-order valence-corrected chi connectivity index (χ2v) is 3.78. The molecule has 0 fully saturated rings. The number of benzene rings is 1. The van der Waals surface area contributed by atoms with Crippen LogP contribution in [-0.2, 0) is 0 Å². The van der Waals surface area contributed by atoms with Crippen molar-refractivity contribution in [3.63, 3.8) is 0 Å². The first-order valence-corrected chi connectivity index (χ1v) is 5.26. The predicted molar refractivity (Wildman–Crippen MR) is 64.8 cm³/mol. The zero-order valence-electron chi connectivity index (χ0n) is 9.18. The fourth-order valence-corrected chi connectivity index (χ4v) is 1.77. The van der Waals surface area contributed by atoms with E-state index < -0.39 is 5.63 Å². The molecular formula is C13H7N3O2. The number of rotatable bonds is 1. The molecule has 0 saturated heterocycles. The van der Waals surface area contributed by atoms with Gasteiger partial charge < -0.3 is 4.42 Å². The molecule has 0 spiro atoms. The van der Waals surface area contributed by atoms with Crippen molar-refractivity contribution in [1.82, 2.24) is 10.2 Å². The second-order valence-electron chi connectivity index (χ2n) is 3.78. The van der Waals surface area contributed by atoms with Crippen molar-refractivity contribution in [2.45, 2.75) is 0 Å². The Bertz CT molecular complexity index is 810. The van der Waals surface area contributed by atoms with E-state index >= 15 is 0 Å². The molecule has 2 aromatic heterocycles. The van der Waals surface area contributed by atoms with Crippen molar-refractivity contribution >= 4 is 11.0 Å². The minimum Gasteiger partial charge on any atom is -0.422 e. The van der Waals surface area contributed by atoms with Gasteiger partial charge >= 0.3 is 5.63 Å². The topological polar surface area (TPSA) is 82.7 Å². The molecule has 86 valence electrons. The highest BCUT2D eigenvalue weighted by Crippen LogP contribution is 2.20. The summed E-state index contributed by atoms with van der Waals surface area (Å²) in [6, 6.07) is 10.4. The van der Waals surface area contributed by atoms with E-state index in [0.717, 1.165) is 5.39 Å². The third kappa shape index (κ3) is 1.57. The van der Waals surface area contributed by atoms with Gasteiger partial charge in [-0.25, -0.2) is 4.79 Å². The minimum atomic E-state index is -0.457. The van der Waals surface area contributed by atoms with Gasteiger partial charge in [0.25, 0.3) is 0 Å². The number of H-pyrrole nitrogens is 1. The molecule has 3 rings (SSSR count). The maximum Gasteiger partial charge on any atom is 0.345 e. The van der Waals surface area contributed by atoms with Crippen LogP contribution in [-0.4, -0.2) is 10.2 Å². The van der Waals surface area contributed by atoms with Crippen molar-refractivity contribution in [3.05, 3.63) is 52.5 Å². The van der Waals surface area contributed by atoms with E-state index in [1.165, 1.54) is 0 Å². The quantitative estimate of drug-likeness (QED) is 0.656. The van der Waals surface area contributed by atoms with Gasteiger partial charge in [0.1, 0.15) is 5.58 Å². The van der Waals surface area contributed by atoms with Crippen LogP contribution >= 0.6 is 0 Å². The van der Waals surface area contributed by atoms with Crippen molar-refractivity contribution in [3.8, 4) is 17.3 Å². The molecule has 0 amide bonds. The number of nitriles is 1. The monoisotopic (exact) mass is 237 g/mol. The van der Waals surface area contributed by atoms with E-state index in [1.807, 2.05) is 6.07 Å². The summed E-state index contributed by atoms with van der Waals surface area (Å²) in [6.07, 6.45) is 1.57. The number of nitrogens with zero attached hydrogens (tertiary/aromatic N) is 2. The Hall–Kier alpha value is -2.87. The average molecular weight is 237 g/mol. The van der Waals surface area contributed by atoms with E-state index in [1.54, 1.807) is 36.5 Å². The Morgan fingerprint density at radius 2 is 2.17 bits per heavy atom. The molecule has 0 saturated carbocycles. The Kier molecular flexibility index (Phi) is 2.21. The zero-order chi connectivity index (χ0) is 12.5. The zero-order valence-corrected chi connectivity index (χ0v) is 9.18. The molecule has 0 bridgehead atoms. The first kappa shape index (κ1) is 10.3. The molecule has 0 aliphatic heterocycles. The Morgan fingerprint density at radius 1 is 1.28 bits per heavy atom. The molecule has 0 radical (unpaired) electrons. The number of fused-ring (bicyclic) bond motifs is 1. The molecule has 0 unspecified atom stereocenters. The number of aromatic amines is 1. The van der Waals surface area contributed by atoms with E-state index in [0.29, 0.717) is 22.4 Å². The lowest BCUT2D eigenvalue weighted by Crippen LogP contribution is -2.02. The average Bonchev–Trinajstić information content (AvgIpc) is 2.91. The van der Waals surface area contributed by atoms with Crippen molar-refractivity contribution in [2.24, 2.45) is 0 Å². The third-order valence-electron chi connectivity index (χ3n) is 2.66. The highest BCUT2D eigenvalue weighted by molar-refractivity contribution is 5.82. The van der Waals surface area contributed by atoms with E-state index in [4.69, 9.17) is 9.68 Å². The van der Waals surface area contributed by atoms with Gasteiger partial charge in [0, 0.05) is 11.6 Å². The summed E-state index contributed by atoms with van der Waals surface area (Å²) >= 11 is 0. The smallest absolute Gasteiger partial charge is 0.345 e. The standard InChI is InChI=1S/C13H7N3O2/c14-7-8-1-2-9-6-10(11-3-4-15-16-11)13(17)18-12(9)5-8/h1-6H,(H,15,16). The summed E-state index contributed by atoms with van der Waals surface area (Å²) in [5, 5.41) is 16.1. The van der Waals surface area contributed by atoms with Crippen LogP contribution < -0.4 is 5.63 Å². The van der Waals surface area contributed by atoms with Crippen LogP contribution in [0.25, 0.3) is 22.2 Å². The summed E-state index contributed by atoms with van der Waals surface area (Å²) in [7, 11) is 0. The molecular weight excluding hydrogens is 230 g/mol. The molecule has 0 atom stereocenters. The highest BCUT2D eigenvalue weighted by Gasteiger charge is 2.09. The Labute approximate surface area is 101 Å². The normalized spacial score (nSPS) is 10.4. The molecule has 1 N–H and O–H groups in total. The lowest BCUT2D eigenvalue weighted by molar-refractivity contribution is 0.563. The molecule has 1 aromatic carbocycles. The maximum absolute atomic E-state index is 11.8. The lowest BCUT2D eigenvalue weighted by Gasteiger charge is -2.00. The number of aromatic nitrogens is 2. The van der Waals surface area contributed by atoms with Crippen LogP contribution in [0.5, 0.6) is 0 Å². The fraction of sp³-hybridized carbons (Fsp3) is 0. The third-order valence-corrected chi connectivity index (χ3v) is 2.66. The van der Waals surface area contributed by atoms with Crippen LogP contribution in [0.1, 0.15) is 5.56 Å². The van der Waals surface area contributed by atoms with Crippen molar-refractivity contribution in [1.29, 1.82) is 5.26 Å². The largest absolute Gasteiger partial charge is 0.422 e. The Morgan fingerprint density at radius 3 is 2.89 bits per heavy atom. The predicted octanol–water partition coefficient (Wildman–Crippen LogP) is 2.05. The summed E-state index contributed by atoms with van der Waals surface area (Å²) in [5.41, 5.74) is 1.43. The van der Waals surface area contributed by atoms with Crippen LogP contribution in [0.4, 0.5) is 0 Å². The lowest BCUT2D eigenvalue weighted by atomic mass is 10.1. The van der Waals surface area contributed by atoms with Gasteiger partial charge in [-0.2, -0.15) is 10.4 Å². The van der Waals surface area contributed by atoms with Gasteiger partial charge in [0.2, 0.25) is 0 Å². The van der Waals surface area contributed by atoms with Gasteiger partial charge in [-0.1, -0.05) is 0 Å². The van der Waals surface area contributed by atoms with E-state index in [2.05, 4.69) is 10.2 Å². The Balaban J connectivity index is 2.29. The fourth-order valence-electron chi connectivity index (χ4n) is 1.77. The van der Waals surface area contributed by atoms with Gasteiger partial charge in [0.15, 0.2) is 0 Å². The first-order chi connectivity index (χ1) is 8.78. The number of nitrogens with one attached hydrogen (secondary N) is 1. The minimum absolute atomic E-state index is 0.405. The molecule has 3 aromatic rings. The number of hydrogen-bond donors (Lipinski definition) is 1. The summed E-state index contributed by atoms with van der Waals surface area (Å²) in [4.78, 5) is 11.8. The van der Waals surface area contributed by atoms with Crippen LogP contribution in [0.15, 0.2) is 45.7 Å². The van der Waals surface area contributed by atoms with Crippen molar-refractivity contribution < 1.29 is 4.42 Å². The second kappa shape index (κ2) is 3.86.